The quantitative estimate of drug-likeness (QED) is 0.786. The first-order valence-electron chi connectivity index (χ1n) is 5.52. The fourth-order valence-electron chi connectivity index (χ4n) is 1.22. The van der Waals surface area contributed by atoms with Gasteiger partial charge in [-0.25, -0.2) is 0 Å². The van der Waals surface area contributed by atoms with Crippen LogP contribution in [0.4, 0.5) is 0 Å². The third-order valence-corrected chi connectivity index (χ3v) is 1.98. The number of aliphatic hydroxyl groups is 1. The second-order valence-corrected chi connectivity index (χ2v) is 3.84. The maximum atomic E-state index is 8.62. The SMILES string of the molecule is CC(C)OCc1cccc(C#CCCO)c1. The van der Waals surface area contributed by atoms with Crippen LogP contribution in [-0.2, 0) is 11.3 Å². The summed E-state index contributed by atoms with van der Waals surface area (Å²) < 4.78 is 5.52. The van der Waals surface area contributed by atoms with E-state index in [4.69, 9.17) is 9.84 Å². The van der Waals surface area contributed by atoms with E-state index in [1.165, 1.54) is 0 Å². The summed E-state index contributed by atoms with van der Waals surface area (Å²) >= 11 is 0. The van der Waals surface area contributed by atoms with E-state index in [2.05, 4.69) is 11.8 Å². The summed E-state index contributed by atoms with van der Waals surface area (Å²) in [7, 11) is 0. The molecule has 0 bridgehead atoms. The molecule has 2 nitrogen and oxygen atoms in total. The summed E-state index contributed by atoms with van der Waals surface area (Å²) in [4.78, 5) is 0. The molecule has 1 N–H and O–H groups in total. The van der Waals surface area contributed by atoms with E-state index < -0.39 is 0 Å². The lowest BCUT2D eigenvalue weighted by Gasteiger charge is -2.07. The van der Waals surface area contributed by atoms with Gasteiger partial charge in [0.15, 0.2) is 0 Å². The van der Waals surface area contributed by atoms with Gasteiger partial charge < -0.3 is 9.84 Å². The first-order chi connectivity index (χ1) is 7.72. The van der Waals surface area contributed by atoms with E-state index in [0.29, 0.717) is 13.0 Å². The molecule has 0 aliphatic rings. The van der Waals surface area contributed by atoms with Crippen LogP contribution in [0.15, 0.2) is 24.3 Å². The van der Waals surface area contributed by atoms with Crippen LogP contribution >= 0.6 is 0 Å². The van der Waals surface area contributed by atoms with Gasteiger partial charge >= 0.3 is 0 Å². The molecular formula is C14H18O2. The molecule has 0 saturated carbocycles. The normalized spacial score (nSPS) is 10.0. The second-order valence-electron chi connectivity index (χ2n) is 3.84. The summed E-state index contributed by atoms with van der Waals surface area (Å²) in [6.07, 6.45) is 0.760. The zero-order valence-corrected chi connectivity index (χ0v) is 9.86. The molecule has 0 amide bonds. The molecule has 0 saturated heterocycles. The lowest BCUT2D eigenvalue weighted by Crippen LogP contribution is -2.02. The molecule has 1 rings (SSSR count). The van der Waals surface area contributed by atoms with Crippen molar-refractivity contribution < 1.29 is 9.84 Å². The van der Waals surface area contributed by atoms with Crippen molar-refractivity contribution in [2.45, 2.75) is 33.0 Å². The molecule has 0 heterocycles. The molecule has 2 heteroatoms. The van der Waals surface area contributed by atoms with Crippen molar-refractivity contribution in [3.8, 4) is 11.8 Å². The second kappa shape index (κ2) is 7.05. The van der Waals surface area contributed by atoms with Crippen molar-refractivity contribution in [2.75, 3.05) is 6.61 Å². The molecule has 0 atom stereocenters. The van der Waals surface area contributed by atoms with Crippen molar-refractivity contribution in [2.24, 2.45) is 0 Å². The van der Waals surface area contributed by atoms with Gasteiger partial charge in [-0.1, -0.05) is 24.0 Å². The van der Waals surface area contributed by atoms with Crippen LogP contribution < -0.4 is 0 Å². The Morgan fingerprint density at radius 3 is 2.88 bits per heavy atom. The van der Waals surface area contributed by atoms with Gasteiger partial charge in [-0.3, -0.25) is 0 Å². The molecule has 0 radical (unpaired) electrons. The zero-order chi connectivity index (χ0) is 11.8. The summed E-state index contributed by atoms with van der Waals surface area (Å²) in [6.45, 7) is 4.77. The Hall–Kier alpha value is -1.30. The summed E-state index contributed by atoms with van der Waals surface area (Å²) in [5.74, 6) is 5.91. The average molecular weight is 218 g/mol. The molecule has 0 aromatic heterocycles. The van der Waals surface area contributed by atoms with Gasteiger partial charge in [0, 0.05) is 12.0 Å². The van der Waals surface area contributed by atoms with Crippen LogP contribution in [0, 0.1) is 11.8 Å². The third-order valence-electron chi connectivity index (χ3n) is 1.98. The smallest absolute Gasteiger partial charge is 0.0720 e. The fraction of sp³-hybridized carbons (Fsp3) is 0.429. The average Bonchev–Trinajstić information content (AvgIpc) is 2.27. The van der Waals surface area contributed by atoms with Crippen molar-refractivity contribution in [3.05, 3.63) is 35.4 Å². The van der Waals surface area contributed by atoms with Gasteiger partial charge in [0.2, 0.25) is 0 Å². The van der Waals surface area contributed by atoms with Crippen molar-refractivity contribution in [1.82, 2.24) is 0 Å². The standard InChI is InChI=1S/C14H18O2/c1-12(2)16-11-14-8-5-7-13(10-14)6-3-4-9-15/h5,7-8,10,12,15H,4,9,11H2,1-2H3. The highest BCUT2D eigenvalue weighted by Crippen LogP contribution is 2.07. The van der Waals surface area contributed by atoms with E-state index >= 15 is 0 Å². The molecule has 86 valence electrons. The van der Waals surface area contributed by atoms with Crippen LogP contribution in [0.5, 0.6) is 0 Å². The van der Waals surface area contributed by atoms with Gasteiger partial charge in [-0.15, -0.1) is 0 Å². The van der Waals surface area contributed by atoms with E-state index in [9.17, 15) is 0 Å². The Morgan fingerprint density at radius 1 is 1.38 bits per heavy atom. The highest BCUT2D eigenvalue weighted by molar-refractivity contribution is 5.36. The molecule has 0 unspecified atom stereocenters. The highest BCUT2D eigenvalue weighted by atomic mass is 16.5. The van der Waals surface area contributed by atoms with Crippen LogP contribution in [-0.4, -0.2) is 17.8 Å². The van der Waals surface area contributed by atoms with E-state index in [-0.39, 0.29) is 12.7 Å². The number of benzene rings is 1. The summed E-state index contributed by atoms with van der Waals surface area (Å²) in [6, 6.07) is 7.98. The van der Waals surface area contributed by atoms with Gasteiger partial charge in [-0.2, -0.15) is 0 Å². The predicted molar refractivity (Wildman–Crippen MR) is 64.9 cm³/mol. The van der Waals surface area contributed by atoms with Gasteiger partial charge in [-0.05, 0) is 31.5 Å². The van der Waals surface area contributed by atoms with Crippen molar-refractivity contribution in [3.63, 3.8) is 0 Å². The number of rotatable bonds is 4. The zero-order valence-electron chi connectivity index (χ0n) is 9.86. The van der Waals surface area contributed by atoms with Crippen LogP contribution in [0.1, 0.15) is 31.4 Å². The number of ether oxygens (including phenoxy) is 1. The van der Waals surface area contributed by atoms with Crippen LogP contribution in [0.2, 0.25) is 0 Å². The number of aliphatic hydroxyl groups excluding tert-OH is 1. The summed E-state index contributed by atoms with van der Waals surface area (Å²) in [5.41, 5.74) is 2.10. The van der Waals surface area contributed by atoms with Gasteiger partial charge in [0.1, 0.15) is 0 Å². The van der Waals surface area contributed by atoms with E-state index in [1.807, 2.05) is 38.1 Å². The van der Waals surface area contributed by atoms with Gasteiger partial charge in [0.05, 0.1) is 19.3 Å². The lowest BCUT2D eigenvalue weighted by atomic mass is 10.1. The lowest BCUT2D eigenvalue weighted by molar-refractivity contribution is 0.0657. The largest absolute Gasteiger partial charge is 0.395 e. The van der Waals surface area contributed by atoms with E-state index in [1.54, 1.807) is 0 Å². The van der Waals surface area contributed by atoms with E-state index in [0.717, 1.165) is 11.1 Å². The molecule has 0 aliphatic carbocycles. The first-order valence-corrected chi connectivity index (χ1v) is 5.52. The molecule has 0 fully saturated rings. The monoisotopic (exact) mass is 218 g/mol. The predicted octanol–water partition coefficient (Wildman–Crippen LogP) is 2.35. The molecule has 0 aliphatic heterocycles. The van der Waals surface area contributed by atoms with Crippen molar-refractivity contribution >= 4 is 0 Å². The third kappa shape index (κ3) is 4.97. The van der Waals surface area contributed by atoms with Gasteiger partial charge in [0.25, 0.3) is 0 Å². The maximum Gasteiger partial charge on any atom is 0.0720 e. The molecular weight excluding hydrogens is 200 g/mol. The van der Waals surface area contributed by atoms with Crippen LogP contribution in [0.25, 0.3) is 0 Å². The minimum atomic E-state index is 0.114. The Morgan fingerprint density at radius 2 is 2.19 bits per heavy atom. The highest BCUT2D eigenvalue weighted by Gasteiger charge is 1.96. The first kappa shape index (κ1) is 12.8. The Labute approximate surface area is 97.3 Å². The van der Waals surface area contributed by atoms with Crippen LogP contribution in [0.3, 0.4) is 0 Å². The molecule has 1 aromatic carbocycles. The number of hydrogen-bond donors (Lipinski definition) is 1. The Bertz CT molecular complexity index is 372. The minimum Gasteiger partial charge on any atom is -0.395 e. The van der Waals surface area contributed by atoms with Crippen molar-refractivity contribution in [1.29, 1.82) is 0 Å². The fourth-order valence-corrected chi connectivity index (χ4v) is 1.22. The Balaban J connectivity index is 2.61. The summed E-state index contributed by atoms with van der Waals surface area (Å²) in [5, 5.41) is 8.62. The molecule has 16 heavy (non-hydrogen) atoms. The Kier molecular flexibility index (Phi) is 5.63. The molecule has 0 spiro atoms. The minimum absolute atomic E-state index is 0.114. The molecule has 1 aromatic rings. The number of hydrogen-bond acceptors (Lipinski definition) is 2. The topological polar surface area (TPSA) is 29.5 Å². The maximum absolute atomic E-state index is 8.62.